The SMILES string of the molecule is COc1ncccc1S(=O)(=O)CC(=O)c1ccc(C2(C)CC2)nc1Oc1c(C)cc(C)cc1C. The Balaban J connectivity index is 1.73. The maximum atomic E-state index is 13.3. The molecule has 0 N–H and O–H groups in total. The number of methoxy groups -OCH3 is 1. The smallest absolute Gasteiger partial charge is 0.232 e. The molecule has 1 saturated carbocycles. The Morgan fingerprint density at radius 3 is 2.35 bits per heavy atom. The molecule has 178 valence electrons. The number of sulfone groups is 1. The number of ketones is 1. The van der Waals surface area contributed by atoms with Gasteiger partial charge in [-0.3, -0.25) is 4.79 Å². The number of benzene rings is 1. The van der Waals surface area contributed by atoms with Crippen molar-refractivity contribution < 1.29 is 22.7 Å². The molecule has 0 unspecified atom stereocenters. The summed E-state index contributed by atoms with van der Waals surface area (Å²) in [5, 5.41) is 0. The third kappa shape index (κ3) is 4.68. The van der Waals surface area contributed by atoms with Crippen molar-refractivity contribution in [2.24, 2.45) is 0 Å². The molecule has 0 amide bonds. The van der Waals surface area contributed by atoms with Crippen LogP contribution in [0.25, 0.3) is 0 Å². The van der Waals surface area contributed by atoms with Crippen molar-refractivity contribution in [2.75, 3.05) is 12.9 Å². The van der Waals surface area contributed by atoms with Crippen LogP contribution in [0.5, 0.6) is 17.5 Å². The van der Waals surface area contributed by atoms with Gasteiger partial charge in [0.15, 0.2) is 15.6 Å². The van der Waals surface area contributed by atoms with Crippen molar-refractivity contribution in [2.45, 2.75) is 50.8 Å². The molecule has 8 heteroatoms. The fraction of sp³-hybridized carbons (Fsp3) is 0.346. The molecule has 34 heavy (non-hydrogen) atoms. The number of carbonyl (C=O) groups excluding carboxylic acids is 1. The molecule has 0 saturated heterocycles. The minimum absolute atomic E-state index is 0.0483. The summed E-state index contributed by atoms with van der Waals surface area (Å²) in [6.07, 6.45) is 3.44. The highest BCUT2D eigenvalue weighted by molar-refractivity contribution is 7.92. The van der Waals surface area contributed by atoms with E-state index in [0.717, 1.165) is 35.2 Å². The summed E-state index contributed by atoms with van der Waals surface area (Å²) >= 11 is 0. The molecule has 3 aromatic rings. The maximum Gasteiger partial charge on any atom is 0.232 e. The Morgan fingerprint density at radius 2 is 1.74 bits per heavy atom. The zero-order valence-corrected chi connectivity index (χ0v) is 20.8. The zero-order chi connectivity index (χ0) is 24.7. The molecule has 0 aliphatic heterocycles. The van der Waals surface area contributed by atoms with Crippen LogP contribution in [0.1, 0.15) is 52.5 Å². The lowest BCUT2D eigenvalue weighted by Crippen LogP contribution is -2.19. The number of rotatable bonds is 8. The van der Waals surface area contributed by atoms with E-state index >= 15 is 0 Å². The van der Waals surface area contributed by atoms with Crippen LogP contribution in [0.3, 0.4) is 0 Å². The van der Waals surface area contributed by atoms with Gasteiger partial charge in [0.2, 0.25) is 11.8 Å². The maximum absolute atomic E-state index is 13.3. The first-order valence-corrected chi connectivity index (χ1v) is 12.7. The van der Waals surface area contributed by atoms with Crippen LogP contribution in [0.15, 0.2) is 47.5 Å². The molecule has 2 aromatic heterocycles. The van der Waals surface area contributed by atoms with Crippen molar-refractivity contribution in [1.82, 2.24) is 9.97 Å². The first-order chi connectivity index (χ1) is 16.0. The largest absolute Gasteiger partial charge is 0.480 e. The number of aryl methyl sites for hydroxylation is 3. The number of aromatic nitrogens is 2. The van der Waals surface area contributed by atoms with Gasteiger partial charge in [-0.2, -0.15) is 0 Å². The number of Topliss-reactive ketones (excluding diaryl/α,β-unsaturated/α-hetero) is 1. The third-order valence-corrected chi connectivity index (χ3v) is 7.79. The second-order valence-corrected chi connectivity index (χ2v) is 11.1. The van der Waals surface area contributed by atoms with E-state index in [-0.39, 0.29) is 27.6 Å². The molecular formula is C26H28N2O5S. The van der Waals surface area contributed by atoms with E-state index in [0.29, 0.717) is 5.75 Å². The highest BCUT2D eigenvalue weighted by Crippen LogP contribution is 2.47. The van der Waals surface area contributed by atoms with Crippen LogP contribution in [-0.2, 0) is 15.3 Å². The summed E-state index contributed by atoms with van der Waals surface area (Å²) < 4.78 is 37.4. The van der Waals surface area contributed by atoms with Crippen molar-refractivity contribution in [3.63, 3.8) is 0 Å². The third-order valence-electron chi connectivity index (χ3n) is 6.17. The zero-order valence-electron chi connectivity index (χ0n) is 20.0. The van der Waals surface area contributed by atoms with Crippen LogP contribution in [0, 0.1) is 20.8 Å². The second-order valence-electron chi connectivity index (χ2n) is 9.13. The first kappa shape index (κ1) is 23.9. The minimum Gasteiger partial charge on any atom is -0.480 e. The Hall–Kier alpha value is -3.26. The molecule has 0 spiro atoms. The number of hydrogen-bond donors (Lipinski definition) is 0. The number of nitrogens with zero attached hydrogens (tertiary/aromatic N) is 2. The topological polar surface area (TPSA) is 95.5 Å². The highest BCUT2D eigenvalue weighted by Gasteiger charge is 2.41. The predicted octanol–water partition coefficient (Wildman–Crippen LogP) is 4.91. The lowest BCUT2D eigenvalue weighted by Gasteiger charge is -2.17. The van der Waals surface area contributed by atoms with Gasteiger partial charge in [0.25, 0.3) is 0 Å². The van der Waals surface area contributed by atoms with Gasteiger partial charge in [-0.1, -0.05) is 24.6 Å². The Bertz CT molecular complexity index is 1350. The fourth-order valence-electron chi connectivity index (χ4n) is 4.03. The van der Waals surface area contributed by atoms with Crippen LogP contribution in [0.4, 0.5) is 0 Å². The minimum atomic E-state index is -4.01. The molecule has 4 rings (SSSR count). The molecule has 0 radical (unpaired) electrons. The van der Waals surface area contributed by atoms with Gasteiger partial charge in [-0.05, 0) is 69.0 Å². The van der Waals surface area contributed by atoms with E-state index in [1.807, 2.05) is 32.9 Å². The van der Waals surface area contributed by atoms with E-state index in [1.54, 1.807) is 12.1 Å². The molecule has 0 bridgehead atoms. The molecular weight excluding hydrogens is 452 g/mol. The van der Waals surface area contributed by atoms with Crippen molar-refractivity contribution in [3.05, 3.63) is 70.5 Å². The molecule has 1 aliphatic rings. The van der Waals surface area contributed by atoms with Crippen LogP contribution >= 0.6 is 0 Å². The highest BCUT2D eigenvalue weighted by atomic mass is 32.2. The molecule has 1 aliphatic carbocycles. The number of ether oxygens (including phenoxy) is 2. The van der Waals surface area contributed by atoms with Gasteiger partial charge in [0, 0.05) is 11.6 Å². The summed E-state index contributed by atoms with van der Waals surface area (Å²) in [4.78, 5) is 21.8. The quantitative estimate of drug-likeness (QED) is 0.423. The van der Waals surface area contributed by atoms with E-state index in [4.69, 9.17) is 9.47 Å². The van der Waals surface area contributed by atoms with Gasteiger partial charge < -0.3 is 9.47 Å². The van der Waals surface area contributed by atoms with Gasteiger partial charge in [-0.25, -0.2) is 18.4 Å². The summed E-state index contributed by atoms with van der Waals surface area (Å²) in [5.74, 6) is -0.674. The van der Waals surface area contributed by atoms with Crippen molar-refractivity contribution in [1.29, 1.82) is 0 Å². The van der Waals surface area contributed by atoms with E-state index in [2.05, 4.69) is 16.9 Å². The van der Waals surface area contributed by atoms with Crippen LogP contribution in [0.2, 0.25) is 0 Å². The Labute approximate surface area is 200 Å². The molecule has 1 fully saturated rings. The summed E-state index contributed by atoms with van der Waals surface area (Å²) in [5.41, 5.74) is 3.83. The molecule has 7 nitrogen and oxygen atoms in total. The standard InChI is InChI=1S/C26H28N2O5S/c1-16-13-17(2)23(18(3)14-16)33-24-19(8-9-22(28-24)26(4)10-11-26)20(29)15-34(30,31)21-7-6-12-27-25(21)32-5/h6-9,12-14H,10-11,15H2,1-5H3. The predicted molar refractivity (Wildman–Crippen MR) is 129 cm³/mol. The lowest BCUT2D eigenvalue weighted by atomic mass is 10.0. The molecule has 2 heterocycles. The second kappa shape index (κ2) is 8.83. The number of pyridine rings is 2. The lowest BCUT2D eigenvalue weighted by molar-refractivity contribution is 0.101. The Morgan fingerprint density at radius 1 is 1.06 bits per heavy atom. The van der Waals surface area contributed by atoms with E-state index < -0.39 is 21.4 Å². The average Bonchev–Trinajstić information content (AvgIpc) is 3.54. The summed E-state index contributed by atoms with van der Waals surface area (Å²) in [6.45, 7) is 7.98. The normalized spacial score (nSPS) is 14.5. The van der Waals surface area contributed by atoms with E-state index in [9.17, 15) is 13.2 Å². The van der Waals surface area contributed by atoms with Gasteiger partial charge in [0.05, 0.1) is 18.4 Å². The van der Waals surface area contributed by atoms with E-state index in [1.165, 1.54) is 25.4 Å². The van der Waals surface area contributed by atoms with Crippen molar-refractivity contribution >= 4 is 15.6 Å². The number of hydrogen-bond acceptors (Lipinski definition) is 7. The summed E-state index contributed by atoms with van der Waals surface area (Å²) in [7, 11) is -2.67. The summed E-state index contributed by atoms with van der Waals surface area (Å²) in [6, 6.07) is 10.3. The molecule has 0 atom stereocenters. The van der Waals surface area contributed by atoms with Crippen LogP contribution < -0.4 is 9.47 Å². The molecule has 1 aromatic carbocycles. The van der Waals surface area contributed by atoms with Crippen molar-refractivity contribution in [3.8, 4) is 17.5 Å². The fourth-order valence-corrected chi connectivity index (χ4v) is 5.37. The van der Waals surface area contributed by atoms with Gasteiger partial charge in [0.1, 0.15) is 16.4 Å². The monoisotopic (exact) mass is 480 g/mol. The Kier molecular flexibility index (Phi) is 6.20. The first-order valence-electron chi connectivity index (χ1n) is 11.1. The van der Waals surface area contributed by atoms with Gasteiger partial charge in [-0.15, -0.1) is 0 Å². The average molecular weight is 481 g/mol. The number of carbonyl (C=O) groups is 1. The van der Waals surface area contributed by atoms with Crippen LogP contribution in [-0.4, -0.2) is 37.0 Å². The van der Waals surface area contributed by atoms with Gasteiger partial charge >= 0.3 is 0 Å².